The highest BCUT2D eigenvalue weighted by Gasteiger charge is 2.35. The van der Waals surface area contributed by atoms with E-state index in [9.17, 15) is 4.79 Å². The lowest BCUT2D eigenvalue weighted by molar-refractivity contribution is -0.136. The molecule has 2 aromatic rings. The number of hydrogen-bond donors (Lipinski definition) is 0. The minimum Gasteiger partial charge on any atom is -0.339 e. The van der Waals surface area contributed by atoms with Gasteiger partial charge in [-0.05, 0) is 19.8 Å². The maximum atomic E-state index is 13.0. The molecular weight excluding hydrogens is 384 g/mol. The van der Waals surface area contributed by atoms with E-state index in [0.29, 0.717) is 18.6 Å². The molecule has 0 spiro atoms. The highest BCUT2D eigenvalue weighted by atomic mass is 32.1. The Morgan fingerprint density at radius 1 is 1.21 bits per heavy atom. The summed E-state index contributed by atoms with van der Waals surface area (Å²) < 4.78 is 0. The predicted octanol–water partition coefficient (Wildman–Crippen LogP) is 2.04. The number of fused-ring (bicyclic) bond motifs is 2. The summed E-state index contributed by atoms with van der Waals surface area (Å²) in [6.07, 6.45) is 9.88. The van der Waals surface area contributed by atoms with Crippen LogP contribution in [-0.4, -0.2) is 80.4 Å². The number of thiazole rings is 1. The van der Waals surface area contributed by atoms with Crippen LogP contribution in [0.1, 0.15) is 36.8 Å². The van der Waals surface area contributed by atoms with E-state index in [1.165, 1.54) is 36.2 Å². The molecule has 8 heteroatoms. The number of piperazine rings is 1. The Balaban J connectivity index is 1.20. The molecule has 0 bridgehead atoms. The van der Waals surface area contributed by atoms with Gasteiger partial charge >= 0.3 is 0 Å². The smallest absolute Gasteiger partial charge is 0.236 e. The molecule has 2 fully saturated rings. The number of piperidine rings is 1. The van der Waals surface area contributed by atoms with Crippen LogP contribution in [0.15, 0.2) is 18.7 Å². The molecule has 154 valence electrons. The average Bonchev–Trinajstić information content (AvgIpc) is 3.18. The van der Waals surface area contributed by atoms with E-state index < -0.39 is 0 Å². The SMILES string of the molecule is CC1CCC[C@H]2CN(C(=O)CN3CCc4nc(-c5cncnc5)sc4C3)CCN12. The molecule has 5 heterocycles. The van der Waals surface area contributed by atoms with Crippen LogP contribution in [0.5, 0.6) is 0 Å². The quantitative estimate of drug-likeness (QED) is 0.769. The van der Waals surface area contributed by atoms with Gasteiger partial charge in [0.25, 0.3) is 0 Å². The van der Waals surface area contributed by atoms with Crippen molar-refractivity contribution in [3.8, 4) is 10.6 Å². The third-order valence-electron chi connectivity index (χ3n) is 6.58. The van der Waals surface area contributed by atoms with Crippen molar-refractivity contribution >= 4 is 17.2 Å². The van der Waals surface area contributed by atoms with E-state index in [2.05, 4.69) is 31.6 Å². The summed E-state index contributed by atoms with van der Waals surface area (Å²) in [4.78, 5) is 34.3. The van der Waals surface area contributed by atoms with Crippen LogP contribution in [0.2, 0.25) is 0 Å². The maximum absolute atomic E-state index is 13.0. The van der Waals surface area contributed by atoms with E-state index in [4.69, 9.17) is 4.98 Å². The van der Waals surface area contributed by atoms with Crippen molar-refractivity contribution < 1.29 is 4.79 Å². The fraction of sp³-hybridized carbons (Fsp3) is 0.619. The summed E-state index contributed by atoms with van der Waals surface area (Å²) in [7, 11) is 0. The standard InChI is InChI=1S/C21H28N6OS/c1-15-3-2-4-17-11-26(7-8-27(15)17)20(28)13-25-6-5-18-19(12-25)29-21(24-18)16-9-22-14-23-10-16/h9-10,14-15,17H,2-8,11-13H2,1H3/t15?,17-/m0/s1. The Morgan fingerprint density at radius 2 is 2.07 bits per heavy atom. The molecule has 1 amide bonds. The second kappa shape index (κ2) is 8.08. The lowest BCUT2D eigenvalue weighted by Gasteiger charge is -2.47. The van der Waals surface area contributed by atoms with Gasteiger partial charge in [-0.25, -0.2) is 15.0 Å². The highest BCUT2D eigenvalue weighted by Crippen LogP contribution is 2.31. The summed E-state index contributed by atoms with van der Waals surface area (Å²) >= 11 is 1.71. The molecule has 1 unspecified atom stereocenters. The highest BCUT2D eigenvalue weighted by molar-refractivity contribution is 7.15. The van der Waals surface area contributed by atoms with Crippen LogP contribution in [0.3, 0.4) is 0 Å². The number of carbonyl (C=O) groups excluding carboxylic acids is 1. The fourth-order valence-corrected chi connectivity index (χ4v) is 6.08. The summed E-state index contributed by atoms with van der Waals surface area (Å²) in [5.74, 6) is 0.285. The molecule has 3 aliphatic heterocycles. The number of carbonyl (C=O) groups is 1. The van der Waals surface area contributed by atoms with Crippen molar-refractivity contribution in [2.75, 3.05) is 32.7 Å². The first-order valence-corrected chi connectivity index (χ1v) is 11.5. The first-order chi connectivity index (χ1) is 14.2. The second-order valence-corrected chi connectivity index (χ2v) is 9.57. The Morgan fingerprint density at radius 3 is 2.93 bits per heavy atom. The monoisotopic (exact) mass is 412 g/mol. The minimum absolute atomic E-state index is 0.285. The van der Waals surface area contributed by atoms with Gasteiger partial charge < -0.3 is 4.90 Å². The third-order valence-corrected chi connectivity index (χ3v) is 7.71. The zero-order valence-electron chi connectivity index (χ0n) is 17.0. The van der Waals surface area contributed by atoms with Crippen LogP contribution >= 0.6 is 11.3 Å². The Labute approximate surface area is 175 Å². The lowest BCUT2D eigenvalue weighted by atomic mass is 9.94. The molecule has 0 radical (unpaired) electrons. The molecule has 7 nitrogen and oxygen atoms in total. The first-order valence-electron chi connectivity index (χ1n) is 10.7. The van der Waals surface area contributed by atoms with Crippen LogP contribution in [0.4, 0.5) is 0 Å². The lowest BCUT2D eigenvalue weighted by Crippen LogP contribution is -2.59. The molecular formula is C21H28N6OS. The molecule has 29 heavy (non-hydrogen) atoms. The predicted molar refractivity (Wildman–Crippen MR) is 113 cm³/mol. The normalized spacial score (nSPS) is 25.5. The number of nitrogens with zero attached hydrogens (tertiary/aromatic N) is 6. The zero-order valence-corrected chi connectivity index (χ0v) is 17.8. The number of hydrogen-bond acceptors (Lipinski definition) is 7. The Hall–Kier alpha value is -1.90. The third kappa shape index (κ3) is 3.93. The van der Waals surface area contributed by atoms with Crippen LogP contribution in [-0.2, 0) is 17.8 Å². The van der Waals surface area contributed by atoms with Gasteiger partial charge in [-0.3, -0.25) is 14.6 Å². The second-order valence-electron chi connectivity index (χ2n) is 8.49. The minimum atomic E-state index is 0.285. The molecule has 2 atom stereocenters. The number of amides is 1. The number of aromatic nitrogens is 3. The van der Waals surface area contributed by atoms with Crippen molar-refractivity contribution in [3.63, 3.8) is 0 Å². The van der Waals surface area contributed by atoms with Gasteiger partial charge in [-0.15, -0.1) is 11.3 Å². The van der Waals surface area contributed by atoms with Crippen molar-refractivity contribution in [1.82, 2.24) is 29.7 Å². The van der Waals surface area contributed by atoms with E-state index in [0.717, 1.165) is 49.7 Å². The molecule has 0 saturated carbocycles. The molecule has 2 aromatic heterocycles. The molecule has 0 N–H and O–H groups in total. The van der Waals surface area contributed by atoms with E-state index in [1.54, 1.807) is 11.3 Å². The fourth-order valence-electron chi connectivity index (χ4n) is 4.96. The van der Waals surface area contributed by atoms with Gasteiger partial charge in [0.1, 0.15) is 11.3 Å². The maximum Gasteiger partial charge on any atom is 0.236 e. The van der Waals surface area contributed by atoms with Crippen molar-refractivity contribution in [2.45, 2.75) is 51.2 Å². The van der Waals surface area contributed by atoms with Gasteiger partial charge in [0.15, 0.2) is 0 Å². The van der Waals surface area contributed by atoms with Crippen molar-refractivity contribution in [3.05, 3.63) is 29.3 Å². The van der Waals surface area contributed by atoms with E-state index in [1.807, 2.05) is 12.4 Å². The molecule has 2 saturated heterocycles. The summed E-state index contributed by atoms with van der Waals surface area (Å²) in [5, 5.41) is 0.978. The van der Waals surface area contributed by atoms with E-state index >= 15 is 0 Å². The zero-order chi connectivity index (χ0) is 19.8. The van der Waals surface area contributed by atoms with Crippen LogP contribution in [0, 0.1) is 0 Å². The molecule has 5 rings (SSSR count). The molecule has 0 aromatic carbocycles. The van der Waals surface area contributed by atoms with Gasteiger partial charge in [0.05, 0.1) is 12.2 Å². The van der Waals surface area contributed by atoms with E-state index in [-0.39, 0.29) is 5.91 Å². The van der Waals surface area contributed by atoms with Crippen molar-refractivity contribution in [1.29, 1.82) is 0 Å². The summed E-state index contributed by atoms with van der Waals surface area (Å²) in [6, 6.07) is 1.23. The molecule has 3 aliphatic rings. The van der Waals surface area contributed by atoms with Crippen molar-refractivity contribution in [2.24, 2.45) is 0 Å². The molecule has 0 aliphatic carbocycles. The Bertz CT molecular complexity index is 871. The van der Waals surface area contributed by atoms with Crippen LogP contribution in [0.25, 0.3) is 10.6 Å². The number of rotatable bonds is 3. The first kappa shape index (κ1) is 19.1. The van der Waals surface area contributed by atoms with Gasteiger partial charge in [0, 0.05) is 74.1 Å². The van der Waals surface area contributed by atoms with Crippen LogP contribution < -0.4 is 0 Å². The Kier molecular flexibility index (Phi) is 5.32. The average molecular weight is 413 g/mol. The van der Waals surface area contributed by atoms with Gasteiger partial charge in [-0.2, -0.15) is 0 Å². The summed E-state index contributed by atoms with van der Waals surface area (Å²) in [5.41, 5.74) is 2.14. The largest absolute Gasteiger partial charge is 0.339 e. The topological polar surface area (TPSA) is 65.5 Å². The van der Waals surface area contributed by atoms with Gasteiger partial charge in [0.2, 0.25) is 5.91 Å². The summed E-state index contributed by atoms with van der Waals surface area (Å²) in [6.45, 7) is 7.36. The van der Waals surface area contributed by atoms with Gasteiger partial charge in [-0.1, -0.05) is 6.42 Å².